The number of hydrogen-bond acceptors (Lipinski definition) is 3. The van der Waals surface area contributed by atoms with Crippen LogP contribution in [0.5, 0.6) is 5.75 Å². The maximum atomic E-state index is 5.26. The highest BCUT2D eigenvalue weighted by molar-refractivity contribution is 5.59. The van der Waals surface area contributed by atoms with E-state index in [-0.39, 0.29) is 6.04 Å². The van der Waals surface area contributed by atoms with E-state index in [4.69, 9.17) is 4.74 Å². The Bertz CT molecular complexity index is 805. The summed E-state index contributed by atoms with van der Waals surface area (Å²) in [5.41, 5.74) is 4.99. The highest BCUT2D eigenvalue weighted by Gasteiger charge is 2.29. The van der Waals surface area contributed by atoms with Crippen LogP contribution in [0.1, 0.15) is 17.2 Å². The number of ether oxygens (including phenoxy) is 1. The van der Waals surface area contributed by atoms with Crippen LogP contribution in [0, 0.1) is 0 Å². The van der Waals surface area contributed by atoms with Crippen LogP contribution in [0.4, 0.5) is 11.4 Å². The number of hydrogen-bond donors (Lipinski definition) is 2. The van der Waals surface area contributed by atoms with Gasteiger partial charge in [-0.05, 0) is 47.9 Å². The number of rotatable bonds is 5. The van der Waals surface area contributed by atoms with Gasteiger partial charge in [0.25, 0.3) is 0 Å². The van der Waals surface area contributed by atoms with Crippen molar-refractivity contribution in [2.45, 2.75) is 18.5 Å². The highest BCUT2D eigenvalue weighted by atomic mass is 16.5. The molecule has 1 heterocycles. The van der Waals surface area contributed by atoms with Crippen molar-refractivity contribution in [3.05, 3.63) is 90.0 Å². The average molecular weight is 330 g/mol. The van der Waals surface area contributed by atoms with Gasteiger partial charge in [-0.15, -0.1) is 0 Å². The van der Waals surface area contributed by atoms with Crippen LogP contribution in [0.3, 0.4) is 0 Å². The normalized spacial score (nSPS) is 16.6. The molecular formula is C22H22N2O. The first kappa shape index (κ1) is 15.6. The largest absolute Gasteiger partial charge is 0.497 e. The maximum Gasteiger partial charge on any atom is 0.119 e. The minimum absolute atomic E-state index is 0.182. The van der Waals surface area contributed by atoms with Crippen molar-refractivity contribution in [1.29, 1.82) is 0 Å². The first-order valence-corrected chi connectivity index (χ1v) is 8.63. The van der Waals surface area contributed by atoms with Crippen molar-refractivity contribution in [1.82, 2.24) is 0 Å². The third kappa shape index (κ3) is 3.31. The summed E-state index contributed by atoms with van der Waals surface area (Å²) < 4.78 is 5.26. The molecule has 0 saturated heterocycles. The van der Waals surface area contributed by atoms with E-state index >= 15 is 0 Å². The Morgan fingerprint density at radius 3 is 2.36 bits per heavy atom. The molecule has 3 heteroatoms. The van der Waals surface area contributed by atoms with Gasteiger partial charge < -0.3 is 15.4 Å². The number of anilines is 2. The van der Waals surface area contributed by atoms with E-state index in [1.165, 1.54) is 16.8 Å². The number of para-hydroxylation sites is 1. The Morgan fingerprint density at radius 1 is 0.920 bits per heavy atom. The van der Waals surface area contributed by atoms with E-state index in [9.17, 15) is 0 Å². The quantitative estimate of drug-likeness (QED) is 0.699. The second kappa shape index (κ2) is 6.89. The molecule has 0 aliphatic carbocycles. The molecule has 25 heavy (non-hydrogen) atoms. The second-order valence-corrected chi connectivity index (χ2v) is 6.37. The van der Waals surface area contributed by atoms with Gasteiger partial charge in [0.1, 0.15) is 5.75 Å². The topological polar surface area (TPSA) is 33.3 Å². The molecule has 2 atom stereocenters. The van der Waals surface area contributed by atoms with Gasteiger partial charge in [-0.3, -0.25) is 0 Å². The smallest absolute Gasteiger partial charge is 0.119 e. The van der Waals surface area contributed by atoms with Gasteiger partial charge in [0.05, 0.1) is 19.2 Å². The van der Waals surface area contributed by atoms with Crippen LogP contribution < -0.4 is 15.4 Å². The fraction of sp³-hybridized carbons (Fsp3) is 0.182. The monoisotopic (exact) mass is 330 g/mol. The number of fused-ring (bicyclic) bond motifs is 1. The van der Waals surface area contributed by atoms with Crippen LogP contribution in [0.25, 0.3) is 0 Å². The molecule has 3 nitrogen and oxygen atoms in total. The molecule has 0 fully saturated rings. The van der Waals surface area contributed by atoms with Crippen molar-refractivity contribution in [2.75, 3.05) is 17.7 Å². The minimum atomic E-state index is 0.182. The fourth-order valence-corrected chi connectivity index (χ4v) is 3.47. The zero-order chi connectivity index (χ0) is 17.1. The van der Waals surface area contributed by atoms with E-state index in [0.717, 1.165) is 17.9 Å². The zero-order valence-electron chi connectivity index (χ0n) is 14.3. The van der Waals surface area contributed by atoms with Crippen molar-refractivity contribution in [2.24, 2.45) is 0 Å². The Morgan fingerprint density at radius 2 is 1.64 bits per heavy atom. The molecule has 0 radical (unpaired) electrons. The summed E-state index contributed by atoms with van der Waals surface area (Å²) in [7, 11) is 1.69. The van der Waals surface area contributed by atoms with Gasteiger partial charge in [0, 0.05) is 11.4 Å². The third-order valence-corrected chi connectivity index (χ3v) is 4.77. The average Bonchev–Trinajstić information content (AvgIpc) is 3.11. The lowest BCUT2D eigenvalue weighted by molar-refractivity contribution is 0.415. The molecule has 1 aliphatic rings. The molecule has 4 rings (SSSR count). The molecule has 2 N–H and O–H groups in total. The predicted octanol–water partition coefficient (Wildman–Crippen LogP) is 4.89. The standard InChI is InChI=1S/C22H22N2O/c1-25-19-13-11-18(12-14-19)23-22(16-7-3-2-4-8-16)21-15-17-9-5-6-10-20(17)24-21/h2-14,21-24H,15H2,1H3/t21-,22+/m0/s1. The number of methoxy groups -OCH3 is 1. The van der Waals surface area contributed by atoms with Crippen molar-refractivity contribution >= 4 is 11.4 Å². The Labute approximate surface area is 148 Å². The van der Waals surface area contributed by atoms with E-state index in [0.29, 0.717) is 6.04 Å². The van der Waals surface area contributed by atoms with E-state index in [2.05, 4.69) is 77.4 Å². The molecule has 0 spiro atoms. The zero-order valence-corrected chi connectivity index (χ0v) is 14.3. The molecule has 0 aromatic heterocycles. The van der Waals surface area contributed by atoms with Crippen LogP contribution in [-0.2, 0) is 6.42 Å². The van der Waals surface area contributed by atoms with Crippen molar-refractivity contribution < 1.29 is 4.74 Å². The van der Waals surface area contributed by atoms with Crippen molar-refractivity contribution in [3.8, 4) is 5.75 Å². The summed E-state index contributed by atoms with van der Waals surface area (Å²) in [5, 5.41) is 7.39. The maximum absolute atomic E-state index is 5.26. The number of benzene rings is 3. The molecule has 0 bridgehead atoms. The summed E-state index contributed by atoms with van der Waals surface area (Å²) in [6.07, 6.45) is 1.01. The van der Waals surface area contributed by atoms with Gasteiger partial charge >= 0.3 is 0 Å². The lowest BCUT2D eigenvalue weighted by atomic mass is 9.96. The summed E-state index contributed by atoms with van der Waals surface area (Å²) in [6.45, 7) is 0. The Hall–Kier alpha value is -2.94. The minimum Gasteiger partial charge on any atom is -0.497 e. The molecule has 3 aromatic carbocycles. The second-order valence-electron chi connectivity index (χ2n) is 6.37. The van der Waals surface area contributed by atoms with Crippen LogP contribution >= 0.6 is 0 Å². The Balaban J connectivity index is 1.61. The summed E-state index contributed by atoms with van der Waals surface area (Å²) in [5.74, 6) is 0.869. The van der Waals surface area contributed by atoms with Gasteiger partial charge in [-0.25, -0.2) is 0 Å². The lowest BCUT2D eigenvalue weighted by Crippen LogP contribution is -2.30. The van der Waals surface area contributed by atoms with Gasteiger partial charge in [-0.1, -0.05) is 48.5 Å². The van der Waals surface area contributed by atoms with E-state index < -0.39 is 0 Å². The Kier molecular flexibility index (Phi) is 4.30. The first-order chi connectivity index (χ1) is 12.3. The van der Waals surface area contributed by atoms with E-state index in [1.54, 1.807) is 7.11 Å². The molecule has 3 aromatic rings. The van der Waals surface area contributed by atoms with Gasteiger partial charge in [0.15, 0.2) is 0 Å². The molecule has 0 saturated carbocycles. The summed E-state index contributed by atoms with van der Waals surface area (Å²) >= 11 is 0. The molecule has 0 unspecified atom stereocenters. The molecular weight excluding hydrogens is 308 g/mol. The van der Waals surface area contributed by atoms with Gasteiger partial charge in [0.2, 0.25) is 0 Å². The first-order valence-electron chi connectivity index (χ1n) is 8.63. The van der Waals surface area contributed by atoms with Crippen molar-refractivity contribution in [3.63, 3.8) is 0 Å². The van der Waals surface area contributed by atoms with E-state index in [1.807, 2.05) is 12.1 Å². The fourth-order valence-electron chi connectivity index (χ4n) is 3.47. The summed E-state index contributed by atoms with van der Waals surface area (Å²) in [6, 6.07) is 27.8. The number of nitrogens with one attached hydrogen (secondary N) is 2. The van der Waals surface area contributed by atoms with Crippen LogP contribution in [0.2, 0.25) is 0 Å². The highest BCUT2D eigenvalue weighted by Crippen LogP contribution is 2.34. The lowest BCUT2D eigenvalue weighted by Gasteiger charge is -2.27. The van der Waals surface area contributed by atoms with Crippen LogP contribution in [-0.4, -0.2) is 13.2 Å². The summed E-state index contributed by atoms with van der Waals surface area (Å²) in [4.78, 5) is 0. The molecule has 1 aliphatic heterocycles. The van der Waals surface area contributed by atoms with Crippen LogP contribution in [0.15, 0.2) is 78.9 Å². The molecule has 0 amide bonds. The van der Waals surface area contributed by atoms with Gasteiger partial charge in [-0.2, -0.15) is 0 Å². The third-order valence-electron chi connectivity index (χ3n) is 4.77. The molecule has 126 valence electrons. The predicted molar refractivity (Wildman–Crippen MR) is 103 cm³/mol. The SMILES string of the molecule is COc1ccc(N[C@H](c2ccccc2)[C@@H]2Cc3ccccc3N2)cc1.